The summed E-state index contributed by atoms with van der Waals surface area (Å²) >= 11 is 0. The molecule has 1 rings (SSSR count). The second kappa shape index (κ2) is 6.54. The minimum Gasteiger partial charge on any atom is -0.313 e. The van der Waals surface area contributed by atoms with E-state index in [0.717, 1.165) is 13.0 Å². The van der Waals surface area contributed by atoms with E-state index in [2.05, 4.69) is 10.0 Å². The first-order valence-electron chi connectivity index (χ1n) is 6.08. The van der Waals surface area contributed by atoms with Gasteiger partial charge < -0.3 is 5.32 Å². The molecule has 0 aromatic carbocycles. The third-order valence-corrected chi connectivity index (χ3v) is 4.70. The zero-order chi connectivity index (χ0) is 12.0. The summed E-state index contributed by atoms with van der Waals surface area (Å²) in [5, 5.41) is 3.32. The number of piperidine rings is 1. The first kappa shape index (κ1) is 13.9. The number of hydrogen-bond donors (Lipinski definition) is 2. The molecule has 2 N–H and O–H groups in total. The normalized spacial score (nSPS) is 22.6. The topological polar surface area (TPSA) is 61.4 Å². The molecule has 1 aliphatic rings. The van der Waals surface area contributed by atoms with Crippen molar-refractivity contribution in [2.45, 2.75) is 39.2 Å². The average molecular weight is 249 g/mol. The Bertz CT molecular complexity index is 282. The molecule has 1 saturated heterocycles. The fraction of sp³-hybridized carbons (Fsp3) is 1.00. The van der Waals surface area contributed by atoms with Gasteiger partial charge in [0.15, 0.2) is 0 Å². The van der Waals surface area contributed by atoms with Crippen molar-refractivity contribution in [2.75, 3.05) is 26.2 Å². The highest BCUT2D eigenvalue weighted by atomic mass is 32.2. The van der Waals surface area contributed by atoms with Gasteiger partial charge >= 0.3 is 0 Å². The molecule has 0 radical (unpaired) electrons. The Labute approximate surface area is 98.8 Å². The standard InChI is InChI=1S/C10H23N3O2S/c1-3-13(4-2)16(14,15)12-9-10-7-5-6-8-11-10/h10-12H,3-9H2,1-2H3. The molecule has 1 atom stereocenters. The molecule has 0 aromatic heterocycles. The molecule has 1 heterocycles. The van der Waals surface area contributed by atoms with Crippen LogP contribution in [0.5, 0.6) is 0 Å². The maximum absolute atomic E-state index is 11.8. The summed E-state index contributed by atoms with van der Waals surface area (Å²) in [6.07, 6.45) is 3.44. The van der Waals surface area contributed by atoms with Crippen molar-refractivity contribution in [2.24, 2.45) is 0 Å². The lowest BCUT2D eigenvalue weighted by Gasteiger charge is -2.25. The summed E-state index contributed by atoms with van der Waals surface area (Å²) in [5.41, 5.74) is 0. The molecule has 1 unspecified atom stereocenters. The van der Waals surface area contributed by atoms with E-state index in [1.165, 1.54) is 17.1 Å². The number of nitrogens with one attached hydrogen (secondary N) is 2. The van der Waals surface area contributed by atoms with E-state index in [1.54, 1.807) is 0 Å². The number of nitrogens with zero attached hydrogens (tertiary/aromatic N) is 1. The van der Waals surface area contributed by atoms with E-state index in [9.17, 15) is 8.42 Å². The van der Waals surface area contributed by atoms with Gasteiger partial charge in [-0.15, -0.1) is 0 Å². The van der Waals surface area contributed by atoms with Crippen LogP contribution in [0.2, 0.25) is 0 Å². The van der Waals surface area contributed by atoms with Crippen LogP contribution >= 0.6 is 0 Å². The van der Waals surface area contributed by atoms with E-state index in [1.807, 2.05) is 13.8 Å². The fourth-order valence-corrected chi connectivity index (χ4v) is 3.23. The molecular weight excluding hydrogens is 226 g/mol. The van der Waals surface area contributed by atoms with E-state index in [0.29, 0.717) is 25.7 Å². The predicted molar refractivity (Wildman–Crippen MR) is 65.5 cm³/mol. The molecule has 0 aliphatic carbocycles. The first-order chi connectivity index (χ1) is 7.60. The van der Waals surface area contributed by atoms with Crippen LogP contribution in [0.25, 0.3) is 0 Å². The lowest BCUT2D eigenvalue weighted by atomic mass is 10.1. The molecule has 6 heteroatoms. The lowest BCUT2D eigenvalue weighted by molar-refractivity contribution is 0.387. The minimum atomic E-state index is -3.28. The highest BCUT2D eigenvalue weighted by molar-refractivity contribution is 7.87. The molecular formula is C10H23N3O2S. The molecule has 0 spiro atoms. The van der Waals surface area contributed by atoms with Crippen LogP contribution in [0.3, 0.4) is 0 Å². The number of hydrogen-bond acceptors (Lipinski definition) is 3. The summed E-state index contributed by atoms with van der Waals surface area (Å²) < 4.78 is 27.8. The van der Waals surface area contributed by atoms with Gasteiger partial charge in [0, 0.05) is 25.7 Å². The van der Waals surface area contributed by atoms with Gasteiger partial charge in [-0.1, -0.05) is 20.3 Å². The van der Waals surface area contributed by atoms with Crippen molar-refractivity contribution in [3.8, 4) is 0 Å². The summed E-state index contributed by atoms with van der Waals surface area (Å²) in [4.78, 5) is 0. The van der Waals surface area contributed by atoms with Crippen molar-refractivity contribution in [1.82, 2.24) is 14.3 Å². The average Bonchev–Trinajstić information content (AvgIpc) is 2.29. The second-order valence-electron chi connectivity index (χ2n) is 4.08. The molecule has 0 saturated carbocycles. The van der Waals surface area contributed by atoms with Gasteiger partial charge in [-0.3, -0.25) is 0 Å². The summed E-state index contributed by atoms with van der Waals surface area (Å²) in [6, 6.07) is 0.291. The van der Waals surface area contributed by atoms with Crippen molar-refractivity contribution >= 4 is 10.2 Å². The molecule has 16 heavy (non-hydrogen) atoms. The molecule has 0 aromatic rings. The lowest BCUT2D eigenvalue weighted by Crippen LogP contribution is -2.47. The van der Waals surface area contributed by atoms with Crippen LogP contribution < -0.4 is 10.0 Å². The summed E-state index contributed by atoms with van der Waals surface area (Å²) in [5.74, 6) is 0. The third-order valence-electron chi connectivity index (χ3n) is 2.97. The Kier molecular flexibility index (Phi) is 5.68. The van der Waals surface area contributed by atoms with Gasteiger partial charge in [0.25, 0.3) is 10.2 Å². The van der Waals surface area contributed by atoms with E-state index < -0.39 is 10.2 Å². The zero-order valence-electron chi connectivity index (χ0n) is 10.2. The van der Waals surface area contributed by atoms with E-state index in [4.69, 9.17) is 0 Å². The van der Waals surface area contributed by atoms with E-state index in [-0.39, 0.29) is 0 Å². The van der Waals surface area contributed by atoms with Crippen LogP contribution in [0.1, 0.15) is 33.1 Å². The van der Waals surface area contributed by atoms with Crippen LogP contribution in [0, 0.1) is 0 Å². The number of rotatable bonds is 6. The minimum absolute atomic E-state index is 0.291. The quantitative estimate of drug-likeness (QED) is 0.712. The third kappa shape index (κ3) is 4.01. The zero-order valence-corrected chi connectivity index (χ0v) is 11.0. The van der Waals surface area contributed by atoms with Crippen molar-refractivity contribution < 1.29 is 8.42 Å². The van der Waals surface area contributed by atoms with Crippen molar-refractivity contribution in [3.05, 3.63) is 0 Å². The Morgan fingerprint density at radius 3 is 2.50 bits per heavy atom. The highest BCUT2D eigenvalue weighted by Gasteiger charge is 2.20. The van der Waals surface area contributed by atoms with Crippen LogP contribution in [-0.4, -0.2) is 44.9 Å². The monoisotopic (exact) mass is 249 g/mol. The smallest absolute Gasteiger partial charge is 0.279 e. The predicted octanol–water partition coefficient (Wildman–Crippen LogP) is 0.305. The molecule has 0 bridgehead atoms. The second-order valence-corrected chi connectivity index (χ2v) is 5.84. The van der Waals surface area contributed by atoms with E-state index >= 15 is 0 Å². The SMILES string of the molecule is CCN(CC)S(=O)(=O)NCC1CCCCN1. The molecule has 1 fully saturated rings. The van der Waals surface area contributed by atoms with Gasteiger partial charge in [-0.2, -0.15) is 12.7 Å². The fourth-order valence-electron chi connectivity index (χ4n) is 1.96. The molecule has 96 valence electrons. The Balaban J connectivity index is 2.40. The summed E-state index contributed by atoms with van der Waals surface area (Å²) in [7, 11) is -3.28. The van der Waals surface area contributed by atoms with Gasteiger partial charge in [0.05, 0.1) is 0 Å². The Morgan fingerprint density at radius 1 is 1.31 bits per heavy atom. The van der Waals surface area contributed by atoms with Crippen molar-refractivity contribution in [3.63, 3.8) is 0 Å². The van der Waals surface area contributed by atoms with Crippen LogP contribution in [-0.2, 0) is 10.2 Å². The van der Waals surface area contributed by atoms with Gasteiger partial charge in [0.1, 0.15) is 0 Å². The van der Waals surface area contributed by atoms with Gasteiger partial charge in [-0.25, -0.2) is 4.72 Å². The summed E-state index contributed by atoms with van der Waals surface area (Å²) in [6.45, 7) is 6.23. The first-order valence-corrected chi connectivity index (χ1v) is 7.52. The molecule has 0 amide bonds. The highest BCUT2D eigenvalue weighted by Crippen LogP contribution is 2.06. The van der Waals surface area contributed by atoms with Gasteiger partial charge in [0.2, 0.25) is 0 Å². The van der Waals surface area contributed by atoms with Gasteiger partial charge in [-0.05, 0) is 19.4 Å². The largest absolute Gasteiger partial charge is 0.313 e. The molecule has 1 aliphatic heterocycles. The Morgan fingerprint density at radius 2 is 2.00 bits per heavy atom. The maximum atomic E-state index is 11.8. The van der Waals surface area contributed by atoms with Crippen LogP contribution in [0.15, 0.2) is 0 Å². The van der Waals surface area contributed by atoms with Crippen LogP contribution in [0.4, 0.5) is 0 Å². The molecule has 5 nitrogen and oxygen atoms in total. The van der Waals surface area contributed by atoms with Crippen molar-refractivity contribution in [1.29, 1.82) is 0 Å². The maximum Gasteiger partial charge on any atom is 0.279 e. The Hall–Kier alpha value is -0.170.